The van der Waals surface area contributed by atoms with Crippen molar-refractivity contribution in [1.82, 2.24) is 0 Å². The fourth-order valence-electron chi connectivity index (χ4n) is 1.10. The molecule has 0 radical (unpaired) electrons. The monoisotopic (exact) mass is 196 g/mol. The number of halogens is 1. The van der Waals surface area contributed by atoms with Gasteiger partial charge in [0.15, 0.2) is 0 Å². The average Bonchev–Trinajstić information content (AvgIpc) is 2.05. The minimum Gasteiger partial charge on any atom is -0.381 e. The smallest absolute Gasteiger partial charge is 0.146 e. The van der Waals surface area contributed by atoms with Crippen molar-refractivity contribution in [2.45, 2.75) is 26.3 Å². The zero-order valence-electron chi connectivity index (χ0n) is 8.89. The highest BCUT2D eigenvalue weighted by Crippen LogP contribution is 2.16. The van der Waals surface area contributed by atoms with Gasteiger partial charge in [-0.3, -0.25) is 0 Å². The maximum absolute atomic E-state index is 13.2. The molecule has 0 heterocycles. The lowest BCUT2D eigenvalue weighted by Gasteiger charge is -2.20. The van der Waals surface area contributed by atoms with E-state index >= 15 is 0 Å². The lowest BCUT2D eigenvalue weighted by Crippen LogP contribution is -2.39. The Morgan fingerprint density at radius 2 is 2.07 bits per heavy atom. The van der Waals surface area contributed by atoms with Gasteiger partial charge < -0.3 is 11.1 Å². The Kier molecular flexibility index (Phi) is 3.11. The van der Waals surface area contributed by atoms with Crippen LogP contribution >= 0.6 is 0 Å². The lowest BCUT2D eigenvalue weighted by molar-refractivity contribution is 0.546. The molecule has 0 aromatic heterocycles. The van der Waals surface area contributed by atoms with Gasteiger partial charge in [-0.1, -0.05) is 6.07 Å². The third kappa shape index (κ3) is 3.34. The molecule has 1 aromatic carbocycles. The van der Waals surface area contributed by atoms with E-state index in [1.165, 1.54) is 6.07 Å². The van der Waals surface area contributed by atoms with Gasteiger partial charge in [0, 0.05) is 12.1 Å². The van der Waals surface area contributed by atoms with Crippen molar-refractivity contribution in [1.29, 1.82) is 0 Å². The number of benzene rings is 1. The molecule has 0 aliphatic carbocycles. The zero-order chi connectivity index (χ0) is 10.8. The summed E-state index contributed by atoms with van der Waals surface area (Å²) in [6.45, 7) is 6.27. The number of aryl methyl sites for hydroxylation is 1. The third-order valence-corrected chi connectivity index (χ3v) is 1.86. The average molecular weight is 196 g/mol. The largest absolute Gasteiger partial charge is 0.381 e. The van der Waals surface area contributed by atoms with Crippen LogP contribution < -0.4 is 11.1 Å². The van der Waals surface area contributed by atoms with Gasteiger partial charge >= 0.3 is 0 Å². The third-order valence-electron chi connectivity index (χ3n) is 1.86. The molecule has 14 heavy (non-hydrogen) atoms. The molecular weight excluding hydrogens is 179 g/mol. The predicted molar refractivity (Wildman–Crippen MR) is 57.9 cm³/mol. The summed E-state index contributed by atoms with van der Waals surface area (Å²) < 4.78 is 13.2. The molecule has 2 nitrogen and oxygen atoms in total. The highest BCUT2D eigenvalue weighted by Gasteiger charge is 2.11. The molecule has 0 aliphatic heterocycles. The van der Waals surface area contributed by atoms with E-state index in [0.717, 1.165) is 5.56 Å². The first-order chi connectivity index (χ1) is 6.38. The van der Waals surface area contributed by atoms with Crippen LogP contribution in [0.25, 0.3) is 0 Å². The molecule has 3 heteroatoms. The second-order valence-corrected chi connectivity index (χ2v) is 4.33. The van der Waals surface area contributed by atoms with Gasteiger partial charge in [-0.05, 0) is 38.5 Å². The summed E-state index contributed by atoms with van der Waals surface area (Å²) in [6.07, 6.45) is 0. The second kappa shape index (κ2) is 3.96. The van der Waals surface area contributed by atoms with Gasteiger partial charge in [0.1, 0.15) is 5.82 Å². The Balaban J connectivity index is 2.72. The van der Waals surface area contributed by atoms with Crippen molar-refractivity contribution in [3.05, 3.63) is 29.6 Å². The number of hydrogen-bond donors (Lipinski definition) is 2. The molecule has 0 spiro atoms. The van der Waals surface area contributed by atoms with Gasteiger partial charge in [0.25, 0.3) is 0 Å². The molecule has 0 saturated carbocycles. The zero-order valence-corrected chi connectivity index (χ0v) is 8.89. The Morgan fingerprint density at radius 3 is 2.64 bits per heavy atom. The summed E-state index contributed by atoms with van der Waals surface area (Å²) in [5.41, 5.74) is 7.00. The van der Waals surface area contributed by atoms with E-state index in [9.17, 15) is 4.39 Å². The van der Waals surface area contributed by atoms with E-state index in [-0.39, 0.29) is 11.4 Å². The van der Waals surface area contributed by atoms with Crippen molar-refractivity contribution < 1.29 is 4.39 Å². The number of rotatable bonds is 3. The first-order valence-electron chi connectivity index (χ1n) is 4.67. The minimum absolute atomic E-state index is 0.236. The summed E-state index contributed by atoms with van der Waals surface area (Å²) in [6, 6.07) is 4.98. The Bertz CT molecular complexity index is 316. The molecule has 78 valence electrons. The van der Waals surface area contributed by atoms with Crippen LogP contribution in [0.1, 0.15) is 19.4 Å². The SMILES string of the molecule is Cc1ccc(F)c(NCC(C)(C)N)c1. The second-order valence-electron chi connectivity index (χ2n) is 4.33. The number of nitrogens with one attached hydrogen (secondary N) is 1. The highest BCUT2D eigenvalue weighted by molar-refractivity contribution is 5.47. The topological polar surface area (TPSA) is 38.0 Å². The van der Waals surface area contributed by atoms with Crippen LogP contribution in [0.5, 0.6) is 0 Å². The van der Waals surface area contributed by atoms with Crippen molar-refractivity contribution in [3.63, 3.8) is 0 Å². The molecule has 0 amide bonds. The molecule has 0 fully saturated rings. The van der Waals surface area contributed by atoms with Crippen molar-refractivity contribution in [2.75, 3.05) is 11.9 Å². The van der Waals surface area contributed by atoms with Gasteiger partial charge in [0.05, 0.1) is 5.69 Å². The fraction of sp³-hybridized carbons (Fsp3) is 0.455. The van der Waals surface area contributed by atoms with Gasteiger partial charge in [-0.2, -0.15) is 0 Å². The van der Waals surface area contributed by atoms with Crippen molar-refractivity contribution >= 4 is 5.69 Å². The maximum atomic E-state index is 13.2. The van der Waals surface area contributed by atoms with Crippen LogP contribution in [-0.2, 0) is 0 Å². The molecule has 1 aromatic rings. The summed E-state index contributed by atoms with van der Waals surface area (Å²) in [4.78, 5) is 0. The van der Waals surface area contributed by atoms with E-state index in [1.807, 2.05) is 20.8 Å². The van der Waals surface area contributed by atoms with E-state index < -0.39 is 0 Å². The van der Waals surface area contributed by atoms with Crippen LogP contribution in [-0.4, -0.2) is 12.1 Å². The first kappa shape index (κ1) is 11.0. The molecular formula is C11H17FN2. The van der Waals surface area contributed by atoms with Gasteiger partial charge in [0.2, 0.25) is 0 Å². The van der Waals surface area contributed by atoms with Crippen LogP contribution in [0, 0.1) is 12.7 Å². The normalized spacial score (nSPS) is 11.5. The quantitative estimate of drug-likeness (QED) is 0.778. The van der Waals surface area contributed by atoms with E-state index in [4.69, 9.17) is 5.73 Å². The molecule has 0 unspecified atom stereocenters. The van der Waals surface area contributed by atoms with Crippen molar-refractivity contribution in [2.24, 2.45) is 5.73 Å². The molecule has 0 saturated heterocycles. The number of anilines is 1. The molecule has 3 N–H and O–H groups in total. The summed E-state index contributed by atoms with van der Waals surface area (Å²) in [5, 5.41) is 2.99. The Labute approximate surface area is 84.3 Å². The van der Waals surface area contributed by atoms with Crippen molar-refractivity contribution in [3.8, 4) is 0 Å². The molecule has 0 atom stereocenters. The van der Waals surface area contributed by atoms with Gasteiger partial charge in [-0.25, -0.2) is 4.39 Å². The van der Waals surface area contributed by atoms with E-state index in [0.29, 0.717) is 12.2 Å². The molecule has 1 rings (SSSR count). The van der Waals surface area contributed by atoms with E-state index in [2.05, 4.69) is 5.32 Å². The van der Waals surface area contributed by atoms with Gasteiger partial charge in [-0.15, -0.1) is 0 Å². The van der Waals surface area contributed by atoms with E-state index in [1.54, 1.807) is 12.1 Å². The fourth-order valence-corrected chi connectivity index (χ4v) is 1.10. The standard InChI is InChI=1S/C11H17FN2/c1-8-4-5-9(12)10(6-8)14-7-11(2,3)13/h4-6,14H,7,13H2,1-3H3. The van der Waals surface area contributed by atoms with Crippen LogP contribution in [0.4, 0.5) is 10.1 Å². The highest BCUT2D eigenvalue weighted by atomic mass is 19.1. The summed E-state index contributed by atoms with van der Waals surface area (Å²) >= 11 is 0. The van der Waals surface area contributed by atoms with Crippen LogP contribution in [0.15, 0.2) is 18.2 Å². The number of hydrogen-bond acceptors (Lipinski definition) is 2. The first-order valence-corrected chi connectivity index (χ1v) is 4.67. The minimum atomic E-state index is -0.337. The number of nitrogens with two attached hydrogens (primary N) is 1. The lowest BCUT2D eigenvalue weighted by atomic mass is 10.1. The maximum Gasteiger partial charge on any atom is 0.146 e. The van der Waals surface area contributed by atoms with Crippen LogP contribution in [0.3, 0.4) is 0 Å². The Hall–Kier alpha value is -1.09. The summed E-state index contributed by atoms with van der Waals surface area (Å²) in [7, 11) is 0. The molecule has 0 bridgehead atoms. The predicted octanol–water partition coefficient (Wildman–Crippen LogP) is 2.28. The van der Waals surface area contributed by atoms with Crippen LogP contribution in [0.2, 0.25) is 0 Å². The molecule has 0 aliphatic rings. The summed E-state index contributed by atoms with van der Waals surface area (Å²) in [5.74, 6) is -0.236. The Morgan fingerprint density at radius 1 is 1.43 bits per heavy atom.